The Hall–Kier alpha value is -1.26. The molecule has 5 nitrogen and oxygen atoms in total. The number of hydrogen-bond acceptors (Lipinski definition) is 3. The van der Waals surface area contributed by atoms with Crippen LogP contribution in [0.15, 0.2) is 5.16 Å². The molecule has 4 N–H and O–H groups in total. The van der Waals surface area contributed by atoms with Crippen molar-refractivity contribution < 1.29 is 10.0 Å². The van der Waals surface area contributed by atoms with E-state index in [1.54, 1.807) is 0 Å². The first-order valence-electron chi connectivity index (χ1n) is 5.33. The van der Waals surface area contributed by atoms with E-state index >= 15 is 0 Å². The molecule has 0 unspecified atom stereocenters. The number of hydrogen-bond donors (Lipinski definition) is 3. The maximum atomic E-state index is 12.0. The second-order valence-corrected chi connectivity index (χ2v) is 4.94. The zero-order valence-electron chi connectivity index (χ0n) is 8.92. The van der Waals surface area contributed by atoms with Gasteiger partial charge in [-0.2, -0.15) is 0 Å². The Kier molecular flexibility index (Phi) is 2.13. The molecule has 1 amide bonds. The van der Waals surface area contributed by atoms with Crippen molar-refractivity contribution >= 4 is 11.7 Å². The molecule has 0 aromatic carbocycles. The average Bonchev–Trinajstić information content (AvgIpc) is 2.80. The van der Waals surface area contributed by atoms with Crippen molar-refractivity contribution in [3.05, 3.63) is 0 Å². The number of nitrogens with zero attached hydrogens (tertiary/aromatic N) is 1. The van der Waals surface area contributed by atoms with Crippen LogP contribution in [0.25, 0.3) is 0 Å². The van der Waals surface area contributed by atoms with E-state index in [1.807, 2.05) is 6.92 Å². The largest absolute Gasteiger partial charge is 0.409 e. The molecule has 0 radical (unpaired) electrons. The molecule has 0 aliphatic heterocycles. The van der Waals surface area contributed by atoms with Crippen molar-refractivity contribution in [2.75, 3.05) is 0 Å². The highest BCUT2D eigenvalue weighted by Gasteiger charge is 2.51. The van der Waals surface area contributed by atoms with Gasteiger partial charge in [-0.25, -0.2) is 0 Å². The molecule has 0 atom stereocenters. The van der Waals surface area contributed by atoms with Gasteiger partial charge in [0, 0.05) is 5.54 Å². The molecule has 2 aliphatic rings. The number of amidine groups is 1. The monoisotopic (exact) mass is 211 g/mol. The molecule has 0 aromatic heterocycles. The third-order valence-corrected chi connectivity index (χ3v) is 3.66. The van der Waals surface area contributed by atoms with Crippen LogP contribution in [0.1, 0.15) is 39.0 Å². The Balaban J connectivity index is 2.09. The van der Waals surface area contributed by atoms with Gasteiger partial charge in [0.2, 0.25) is 5.91 Å². The van der Waals surface area contributed by atoms with Crippen LogP contribution in [0.2, 0.25) is 0 Å². The summed E-state index contributed by atoms with van der Waals surface area (Å²) in [6.07, 6.45) is 4.37. The van der Waals surface area contributed by atoms with Crippen molar-refractivity contribution in [3.8, 4) is 0 Å². The lowest BCUT2D eigenvalue weighted by molar-refractivity contribution is -0.132. The lowest BCUT2D eigenvalue weighted by atomic mass is 9.67. The molecule has 2 rings (SSSR count). The maximum Gasteiger partial charge on any atom is 0.234 e. The molecule has 2 saturated carbocycles. The lowest BCUT2D eigenvalue weighted by Crippen LogP contribution is -2.56. The Morgan fingerprint density at radius 2 is 2.00 bits per heavy atom. The predicted molar refractivity (Wildman–Crippen MR) is 55.5 cm³/mol. The van der Waals surface area contributed by atoms with E-state index in [0.29, 0.717) is 12.8 Å². The fourth-order valence-electron chi connectivity index (χ4n) is 1.93. The molecule has 0 bridgehead atoms. The summed E-state index contributed by atoms with van der Waals surface area (Å²) in [4.78, 5) is 12.0. The summed E-state index contributed by atoms with van der Waals surface area (Å²) in [7, 11) is 0. The fraction of sp³-hybridized carbons (Fsp3) is 0.800. The molecule has 0 spiro atoms. The van der Waals surface area contributed by atoms with E-state index in [2.05, 4.69) is 10.5 Å². The number of nitrogens with two attached hydrogens (primary N) is 1. The zero-order chi connectivity index (χ0) is 11.1. The highest BCUT2D eigenvalue weighted by Crippen LogP contribution is 2.43. The molecular formula is C10H17N3O2. The van der Waals surface area contributed by atoms with Crippen molar-refractivity contribution in [3.63, 3.8) is 0 Å². The standard InChI is InChI=1S/C10H17N3O2/c1-9(5-6-9)12-8(14)10(3-2-4-10)7(11)13-15/h15H,2-6H2,1H3,(H2,11,13)(H,12,14). The van der Waals surface area contributed by atoms with E-state index < -0.39 is 5.41 Å². The number of carbonyl (C=O) groups excluding carboxylic acids is 1. The normalized spacial score (nSPS) is 26.6. The summed E-state index contributed by atoms with van der Waals surface area (Å²) < 4.78 is 0. The summed E-state index contributed by atoms with van der Waals surface area (Å²) in [5.74, 6) is -0.0282. The van der Waals surface area contributed by atoms with Crippen LogP contribution in [0, 0.1) is 5.41 Å². The second-order valence-electron chi connectivity index (χ2n) is 4.94. The van der Waals surface area contributed by atoms with Crippen LogP contribution in [0.3, 0.4) is 0 Å². The van der Waals surface area contributed by atoms with Gasteiger partial charge in [-0.15, -0.1) is 0 Å². The van der Waals surface area contributed by atoms with Gasteiger partial charge < -0.3 is 16.3 Å². The summed E-state index contributed by atoms with van der Waals surface area (Å²) >= 11 is 0. The van der Waals surface area contributed by atoms with Crippen LogP contribution >= 0.6 is 0 Å². The van der Waals surface area contributed by atoms with E-state index in [0.717, 1.165) is 19.3 Å². The fourth-order valence-corrected chi connectivity index (χ4v) is 1.93. The van der Waals surface area contributed by atoms with Crippen molar-refractivity contribution in [1.82, 2.24) is 5.32 Å². The first-order valence-corrected chi connectivity index (χ1v) is 5.33. The minimum Gasteiger partial charge on any atom is -0.409 e. The van der Waals surface area contributed by atoms with Gasteiger partial charge >= 0.3 is 0 Å². The van der Waals surface area contributed by atoms with E-state index in [-0.39, 0.29) is 17.3 Å². The van der Waals surface area contributed by atoms with Crippen molar-refractivity contribution in [2.24, 2.45) is 16.3 Å². The van der Waals surface area contributed by atoms with Crippen LogP contribution < -0.4 is 11.1 Å². The van der Waals surface area contributed by atoms with Crippen molar-refractivity contribution in [1.29, 1.82) is 0 Å². The van der Waals surface area contributed by atoms with E-state index in [1.165, 1.54) is 0 Å². The average molecular weight is 211 g/mol. The Morgan fingerprint density at radius 1 is 1.40 bits per heavy atom. The highest BCUT2D eigenvalue weighted by molar-refractivity contribution is 6.07. The van der Waals surface area contributed by atoms with Crippen LogP contribution in [-0.2, 0) is 4.79 Å². The highest BCUT2D eigenvalue weighted by atomic mass is 16.4. The number of amides is 1. The molecule has 2 fully saturated rings. The van der Waals surface area contributed by atoms with Gasteiger partial charge in [0.1, 0.15) is 5.41 Å². The van der Waals surface area contributed by atoms with Crippen LogP contribution in [0.4, 0.5) is 0 Å². The van der Waals surface area contributed by atoms with Gasteiger partial charge in [0.05, 0.1) is 0 Å². The molecule has 5 heteroatoms. The topological polar surface area (TPSA) is 87.7 Å². The van der Waals surface area contributed by atoms with E-state index in [4.69, 9.17) is 10.9 Å². The minimum atomic E-state index is -0.736. The second kappa shape index (κ2) is 3.12. The van der Waals surface area contributed by atoms with Crippen LogP contribution in [0.5, 0.6) is 0 Å². The number of rotatable bonds is 3. The third kappa shape index (κ3) is 1.56. The molecule has 15 heavy (non-hydrogen) atoms. The maximum absolute atomic E-state index is 12.0. The summed E-state index contributed by atoms with van der Waals surface area (Å²) in [6, 6.07) is 0. The summed E-state index contributed by atoms with van der Waals surface area (Å²) in [6.45, 7) is 2.02. The summed E-state index contributed by atoms with van der Waals surface area (Å²) in [5, 5.41) is 14.6. The molecular weight excluding hydrogens is 194 g/mol. The lowest BCUT2D eigenvalue weighted by Gasteiger charge is -2.39. The van der Waals surface area contributed by atoms with Gasteiger partial charge in [-0.05, 0) is 32.6 Å². The van der Waals surface area contributed by atoms with Gasteiger partial charge in [0.25, 0.3) is 0 Å². The van der Waals surface area contributed by atoms with Crippen molar-refractivity contribution in [2.45, 2.75) is 44.6 Å². The quantitative estimate of drug-likeness (QED) is 0.276. The van der Waals surface area contributed by atoms with Gasteiger partial charge in [0.15, 0.2) is 5.84 Å². The minimum absolute atomic E-state index is 0.0462. The van der Waals surface area contributed by atoms with Crippen LogP contribution in [-0.4, -0.2) is 22.5 Å². The van der Waals surface area contributed by atoms with Gasteiger partial charge in [-0.3, -0.25) is 4.79 Å². The molecule has 0 aromatic rings. The first-order chi connectivity index (χ1) is 7.02. The SMILES string of the molecule is CC1(NC(=O)C2(C(N)=NO)CCC2)CC1. The Morgan fingerprint density at radius 3 is 2.33 bits per heavy atom. The third-order valence-electron chi connectivity index (χ3n) is 3.66. The number of nitrogens with one attached hydrogen (secondary N) is 1. The van der Waals surface area contributed by atoms with E-state index in [9.17, 15) is 4.79 Å². The molecule has 2 aliphatic carbocycles. The summed E-state index contributed by atoms with van der Waals surface area (Å²) in [5.41, 5.74) is 4.81. The molecule has 0 heterocycles. The number of oxime groups is 1. The first kappa shape index (κ1) is 10.3. The number of carbonyl (C=O) groups is 1. The Bertz CT molecular complexity index is 317. The smallest absolute Gasteiger partial charge is 0.234 e. The zero-order valence-corrected chi connectivity index (χ0v) is 8.92. The van der Waals surface area contributed by atoms with Gasteiger partial charge in [-0.1, -0.05) is 11.6 Å². The molecule has 0 saturated heterocycles. The Labute approximate surface area is 88.7 Å². The predicted octanol–water partition coefficient (Wildman–Crippen LogP) is 0.572. The molecule has 84 valence electrons.